The molecule has 0 saturated carbocycles. The van der Waals surface area contributed by atoms with E-state index in [9.17, 15) is 27.5 Å². The van der Waals surface area contributed by atoms with Gasteiger partial charge in [-0.15, -0.1) is 5.10 Å². The minimum absolute atomic E-state index is 0.00816. The molecule has 0 amide bonds. The predicted octanol–water partition coefficient (Wildman–Crippen LogP) is 4.40. The summed E-state index contributed by atoms with van der Waals surface area (Å²) in [7, 11) is 0. The lowest BCUT2D eigenvalue weighted by Crippen LogP contribution is -2.42. The second-order valence-corrected chi connectivity index (χ2v) is 7.30. The molecule has 0 unspecified atom stereocenters. The van der Waals surface area contributed by atoms with Crippen molar-refractivity contribution in [2.24, 2.45) is 0 Å². The molecule has 0 saturated heterocycles. The van der Waals surface area contributed by atoms with Gasteiger partial charge in [0.2, 0.25) is 5.60 Å². The number of fused-ring (bicyclic) bond motifs is 1. The molecule has 0 bridgehead atoms. The molecule has 0 aliphatic carbocycles. The zero-order chi connectivity index (χ0) is 23.1. The highest BCUT2D eigenvalue weighted by atomic mass is 19.4. The molecule has 6 nitrogen and oxygen atoms in total. The van der Waals surface area contributed by atoms with E-state index in [-0.39, 0.29) is 17.7 Å². The number of aliphatic hydroxyl groups is 1. The summed E-state index contributed by atoms with van der Waals surface area (Å²) >= 11 is 0. The molecule has 0 fully saturated rings. The highest BCUT2D eigenvalue weighted by Gasteiger charge is 2.55. The number of rotatable bonds is 5. The number of hydrogen-bond donors (Lipinski definition) is 1. The summed E-state index contributed by atoms with van der Waals surface area (Å²) in [5.41, 5.74) is -3.04. The fourth-order valence-electron chi connectivity index (χ4n) is 3.49. The largest absolute Gasteiger partial charge is 0.423 e. The van der Waals surface area contributed by atoms with E-state index >= 15 is 0 Å². The van der Waals surface area contributed by atoms with Crippen LogP contribution in [0.4, 0.5) is 17.6 Å². The zero-order valence-corrected chi connectivity index (χ0v) is 16.7. The maximum Gasteiger partial charge on any atom is 0.423 e. The van der Waals surface area contributed by atoms with Crippen molar-refractivity contribution >= 4 is 11.0 Å². The van der Waals surface area contributed by atoms with Gasteiger partial charge in [-0.2, -0.15) is 13.2 Å². The van der Waals surface area contributed by atoms with Crippen LogP contribution in [0.25, 0.3) is 22.1 Å². The average molecular weight is 447 g/mol. The zero-order valence-electron chi connectivity index (χ0n) is 16.7. The van der Waals surface area contributed by atoms with Crippen molar-refractivity contribution in [1.29, 1.82) is 0 Å². The lowest BCUT2D eigenvalue weighted by molar-refractivity contribution is -0.269. The number of hydrogen-bond acceptors (Lipinski definition) is 5. The van der Waals surface area contributed by atoms with Crippen LogP contribution in [0.5, 0.6) is 0 Å². The first kappa shape index (κ1) is 21.7. The normalized spacial score (nSPS) is 13.9. The highest BCUT2D eigenvalue weighted by molar-refractivity contribution is 5.93. The first-order chi connectivity index (χ1) is 15.1. The van der Waals surface area contributed by atoms with Gasteiger partial charge < -0.3 is 9.52 Å². The van der Waals surface area contributed by atoms with Gasteiger partial charge in [0.15, 0.2) is 0 Å². The molecule has 32 heavy (non-hydrogen) atoms. The minimum atomic E-state index is -4.90. The molecule has 4 rings (SSSR count). The van der Waals surface area contributed by atoms with E-state index in [4.69, 9.17) is 4.42 Å². The van der Waals surface area contributed by atoms with Crippen LogP contribution >= 0.6 is 0 Å². The Morgan fingerprint density at radius 2 is 1.84 bits per heavy atom. The molecule has 1 N–H and O–H groups in total. The third-order valence-electron chi connectivity index (χ3n) is 5.26. The lowest BCUT2D eigenvalue weighted by atomic mass is 9.96. The van der Waals surface area contributed by atoms with Crippen LogP contribution in [0, 0.1) is 5.82 Å². The standard InChI is InChI=1S/C22H17F4N3O3/c1-2-21(31,22(24,25)26)19-12-29(28-27-19)11-13-7-8-15-16(10-20(30)32-18(15)9-13)14-5-3-4-6-17(14)23/h3-10,12,31H,2,11H2,1H3/t21-/m0/s1. The smallest absolute Gasteiger partial charge is 0.423 e. The molecule has 0 aliphatic rings. The van der Waals surface area contributed by atoms with Crippen LogP contribution in [0.3, 0.4) is 0 Å². The Balaban J connectivity index is 1.70. The van der Waals surface area contributed by atoms with Gasteiger partial charge in [-0.05, 0) is 24.1 Å². The first-order valence-electron chi connectivity index (χ1n) is 9.64. The van der Waals surface area contributed by atoms with Crippen molar-refractivity contribution < 1.29 is 27.1 Å². The maximum absolute atomic E-state index is 14.3. The van der Waals surface area contributed by atoms with Crippen LogP contribution < -0.4 is 5.63 Å². The summed E-state index contributed by atoms with van der Waals surface area (Å²) in [6, 6.07) is 12.0. The Hall–Kier alpha value is -3.53. The van der Waals surface area contributed by atoms with E-state index in [1.165, 1.54) is 31.2 Å². The van der Waals surface area contributed by atoms with Gasteiger partial charge in [0.25, 0.3) is 0 Å². The minimum Gasteiger partial charge on any atom is -0.423 e. The topological polar surface area (TPSA) is 81.2 Å². The fraction of sp³-hybridized carbons (Fsp3) is 0.227. The molecule has 0 aliphatic heterocycles. The van der Waals surface area contributed by atoms with Crippen LogP contribution in [-0.2, 0) is 12.1 Å². The van der Waals surface area contributed by atoms with Crippen molar-refractivity contribution in [3.05, 3.63) is 82.2 Å². The third kappa shape index (κ3) is 3.77. The van der Waals surface area contributed by atoms with Crippen molar-refractivity contribution in [1.82, 2.24) is 15.0 Å². The van der Waals surface area contributed by atoms with Crippen molar-refractivity contribution in [2.45, 2.75) is 31.7 Å². The molecule has 0 radical (unpaired) electrons. The first-order valence-corrected chi connectivity index (χ1v) is 9.64. The number of nitrogens with zero attached hydrogens (tertiary/aromatic N) is 3. The van der Waals surface area contributed by atoms with Crippen molar-refractivity contribution in [3.63, 3.8) is 0 Å². The summed E-state index contributed by atoms with van der Waals surface area (Å²) in [5.74, 6) is -0.494. The molecule has 4 aromatic rings. The van der Waals surface area contributed by atoms with E-state index in [2.05, 4.69) is 10.3 Å². The SMILES string of the molecule is CC[C@](O)(c1cn(Cc2ccc3c(-c4ccccc4F)cc(=O)oc3c2)nn1)C(F)(F)F. The fourth-order valence-corrected chi connectivity index (χ4v) is 3.49. The highest BCUT2D eigenvalue weighted by Crippen LogP contribution is 2.40. The number of aromatic nitrogens is 3. The van der Waals surface area contributed by atoms with Crippen LogP contribution in [-0.4, -0.2) is 26.3 Å². The Bertz CT molecular complexity index is 1350. The number of alkyl halides is 3. The monoisotopic (exact) mass is 447 g/mol. The third-order valence-corrected chi connectivity index (χ3v) is 5.26. The van der Waals surface area contributed by atoms with Gasteiger partial charge in [-0.25, -0.2) is 13.9 Å². The molecule has 166 valence electrons. The quantitative estimate of drug-likeness (QED) is 0.362. The Morgan fingerprint density at radius 3 is 2.53 bits per heavy atom. The molecule has 2 aromatic heterocycles. The number of benzene rings is 2. The second-order valence-electron chi connectivity index (χ2n) is 7.30. The average Bonchev–Trinajstić information content (AvgIpc) is 3.20. The van der Waals surface area contributed by atoms with Gasteiger partial charge in [-0.1, -0.05) is 42.5 Å². The van der Waals surface area contributed by atoms with Gasteiger partial charge >= 0.3 is 11.8 Å². The van der Waals surface area contributed by atoms with Gasteiger partial charge in [0.1, 0.15) is 17.1 Å². The lowest BCUT2D eigenvalue weighted by Gasteiger charge is -2.26. The molecule has 0 spiro atoms. The summed E-state index contributed by atoms with van der Waals surface area (Å²) in [4.78, 5) is 12.0. The van der Waals surface area contributed by atoms with E-state index in [0.717, 1.165) is 10.9 Å². The molecular formula is C22H17F4N3O3. The molecule has 1 atom stereocenters. The Kier molecular flexibility index (Phi) is 5.33. The van der Waals surface area contributed by atoms with Crippen LogP contribution in [0.15, 0.2) is 63.9 Å². The summed E-state index contributed by atoms with van der Waals surface area (Å²) in [6.45, 7) is 1.21. The Morgan fingerprint density at radius 1 is 1.09 bits per heavy atom. The van der Waals surface area contributed by atoms with Gasteiger partial charge in [0, 0.05) is 22.6 Å². The van der Waals surface area contributed by atoms with Crippen LogP contribution in [0.1, 0.15) is 24.6 Å². The Labute approximate surface area is 178 Å². The summed E-state index contributed by atoms with van der Waals surface area (Å²) < 4.78 is 60.4. The van der Waals surface area contributed by atoms with Crippen LogP contribution in [0.2, 0.25) is 0 Å². The van der Waals surface area contributed by atoms with Gasteiger partial charge in [0.05, 0.1) is 12.7 Å². The van der Waals surface area contributed by atoms with Crippen molar-refractivity contribution in [3.8, 4) is 11.1 Å². The van der Waals surface area contributed by atoms with E-state index < -0.39 is 35.3 Å². The van der Waals surface area contributed by atoms with E-state index in [1.807, 2.05) is 0 Å². The molecule has 10 heteroatoms. The van der Waals surface area contributed by atoms with E-state index in [0.29, 0.717) is 16.5 Å². The number of halogens is 4. The van der Waals surface area contributed by atoms with Gasteiger partial charge in [-0.3, -0.25) is 0 Å². The maximum atomic E-state index is 14.3. The summed E-state index contributed by atoms with van der Waals surface area (Å²) in [6.07, 6.45) is -4.50. The van der Waals surface area contributed by atoms with Crippen molar-refractivity contribution in [2.75, 3.05) is 0 Å². The molecule has 2 heterocycles. The predicted molar refractivity (Wildman–Crippen MR) is 107 cm³/mol. The summed E-state index contributed by atoms with van der Waals surface area (Å²) in [5, 5.41) is 17.7. The molecular weight excluding hydrogens is 430 g/mol. The van der Waals surface area contributed by atoms with E-state index in [1.54, 1.807) is 24.3 Å². The molecule has 2 aromatic carbocycles. The second kappa shape index (κ2) is 7.86.